The van der Waals surface area contributed by atoms with Gasteiger partial charge in [0.05, 0.1) is 17.7 Å². The maximum Gasteiger partial charge on any atom is 0.407 e. The third kappa shape index (κ3) is 3.95. The number of alkyl carbamates (subject to hydrolysis) is 1. The minimum Gasteiger partial charge on any atom is -0.450 e. The standard InChI is InChI=1S/C20H25N3O3/c1-3-26-20(25)22-11-10-21-19(24)18-14-6-4-5-7-16(14)23-17-9-8-13(2)12-15(17)18/h8-9,12H,3-7,10-11H2,1-2H3,(H,21,24)(H,22,25). The Labute approximate surface area is 153 Å². The van der Waals surface area contributed by atoms with Gasteiger partial charge in [-0.2, -0.15) is 0 Å². The normalized spacial score (nSPS) is 13.2. The smallest absolute Gasteiger partial charge is 0.407 e. The van der Waals surface area contributed by atoms with E-state index in [4.69, 9.17) is 9.72 Å². The largest absolute Gasteiger partial charge is 0.450 e. The Morgan fingerprint density at radius 2 is 1.92 bits per heavy atom. The van der Waals surface area contributed by atoms with Crippen LogP contribution in [0.3, 0.4) is 0 Å². The molecule has 0 saturated heterocycles. The monoisotopic (exact) mass is 355 g/mol. The molecule has 1 aromatic heterocycles. The van der Waals surface area contributed by atoms with Crippen LogP contribution in [0.1, 0.15) is 46.9 Å². The van der Waals surface area contributed by atoms with Crippen LogP contribution in [-0.2, 0) is 17.6 Å². The average Bonchev–Trinajstić information content (AvgIpc) is 2.63. The Hall–Kier alpha value is -2.63. The van der Waals surface area contributed by atoms with E-state index in [0.29, 0.717) is 19.7 Å². The van der Waals surface area contributed by atoms with Crippen molar-refractivity contribution in [3.63, 3.8) is 0 Å². The molecule has 2 N–H and O–H groups in total. The van der Waals surface area contributed by atoms with Crippen LogP contribution in [0, 0.1) is 6.92 Å². The van der Waals surface area contributed by atoms with Crippen molar-refractivity contribution in [1.29, 1.82) is 0 Å². The van der Waals surface area contributed by atoms with Gasteiger partial charge in [-0.3, -0.25) is 9.78 Å². The van der Waals surface area contributed by atoms with E-state index >= 15 is 0 Å². The Morgan fingerprint density at radius 3 is 2.73 bits per heavy atom. The number of hydrogen-bond donors (Lipinski definition) is 2. The predicted molar refractivity (Wildman–Crippen MR) is 100 cm³/mol. The summed E-state index contributed by atoms with van der Waals surface area (Å²) >= 11 is 0. The summed E-state index contributed by atoms with van der Waals surface area (Å²) < 4.78 is 4.81. The van der Waals surface area contributed by atoms with Gasteiger partial charge in [0, 0.05) is 24.2 Å². The molecule has 1 aliphatic rings. The summed E-state index contributed by atoms with van der Waals surface area (Å²) in [5, 5.41) is 6.44. The zero-order chi connectivity index (χ0) is 18.5. The quantitative estimate of drug-likeness (QED) is 0.808. The van der Waals surface area contributed by atoms with E-state index in [-0.39, 0.29) is 5.91 Å². The minimum atomic E-state index is -0.468. The molecule has 0 saturated carbocycles. The summed E-state index contributed by atoms with van der Waals surface area (Å²) in [5.74, 6) is -0.105. The first-order chi connectivity index (χ1) is 12.6. The highest BCUT2D eigenvalue weighted by Gasteiger charge is 2.22. The molecule has 2 aromatic rings. The van der Waals surface area contributed by atoms with Gasteiger partial charge in [0.15, 0.2) is 0 Å². The number of nitrogens with zero attached hydrogens (tertiary/aromatic N) is 1. The number of aryl methyl sites for hydroxylation is 2. The third-order valence-electron chi connectivity index (χ3n) is 4.60. The Kier molecular flexibility index (Phi) is 5.71. The lowest BCUT2D eigenvalue weighted by atomic mass is 9.89. The summed E-state index contributed by atoms with van der Waals surface area (Å²) in [6, 6.07) is 6.04. The molecule has 6 nitrogen and oxygen atoms in total. The minimum absolute atomic E-state index is 0.105. The van der Waals surface area contributed by atoms with Crippen LogP contribution in [0.5, 0.6) is 0 Å². The summed E-state index contributed by atoms with van der Waals surface area (Å²) in [6.45, 7) is 4.77. The first kappa shape index (κ1) is 18.2. The van der Waals surface area contributed by atoms with Gasteiger partial charge in [-0.25, -0.2) is 4.79 Å². The number of carbonyl (C=O) groups is 2. The lowest BCUT2D eigenvalue weighted by Crippen LogP contribution is -2.35. The number of hydrogen-bond acceptors (Lipinski definition) is 4. The molecule has 0 unspecified atom stereocenters. The molecule has 1 heterocycles. The van der Waals surface area contributed by atoms with E-state index in [1.807, 2.05) is 25.1 Å². The van der Waals surface area contributed by atoms with Gasteiger partial charge in [0.25, 0.3) is 5.91 Å². The topological polar surface area (TPSA) is 80.3 Å². The number of nitrogens with one attached hydrogen (secondary N) is 2. The average molecular weight is 355 g/mol. The van der Waals surface area contributed by atoms with E-state index < -0.39 is 6.09 Å². The zero-order valence-corrected chi connectivity index (χ0v) is 15.4. The molecule has 6 heteroatoms. The molecule has 1 aliphatic carbocycles. The summed E-state index contributed by atoms with van der Waals surface area (Å²) in [7, 11) is 0. The van der Waals surface area contributed by atoms with Gasteiger partial charge in [-0.15, -0.1) is 0 Å². The molecule has 0 spiro atoms. The van der Waals surface area contributed by atoms with Crippen molar-refractivity contribution >= 4 is 22.9 Å². The number of fused-ring (bicyclic) bond motifs is 2. The highest BCUT2D eigenvalue weighted by atomic mass is 16.5. The lowest BCUT2D eigenvalue weighted by Gasteiger charge is -2.20. The Morgan fingerprint density at radius 1 is 1.15 bits per heavy atom. The molecule has 0 fully saturated rings. The van der Waals surface area contributed by atoms with Crippen molar-refractivity contribution in [3.05, 3.63) is 40.6 Å². The molecule has 2 amide bonds. The summed E-state index contributed by atoms with van der Waals surface area (Å²) in [4.78, 5) is 29.0. The van der Waals surface area contributed by atoms with Crippen LogP contribution >= 0.6 is 0 Å². The van der Waals surface area contributed by atoms with Crippen LogP contribution in [0.25, 0.3) is 10.9 Å². The summed E-state index contributed by atoms with van der Waals surface area (Å²) in [5.41, 5.74) is 4.83. The zero-order valence-electron chi connectivity index (χ0n) is 15.4. The number of aromatic nitrogens is 1. The fraction of sp³-hybridized carbons (Fsp3) is 0.450. The fourth-order valence-electron chi connectivity index (χ4n) is 3.41. The number of ether oxygens (including phenoxy) is 1. The van der Waals surface area contributed by atoms with E-state index in [1.165, 1.54) is 0 Å². The maximum atomic E-state index is 12.9. The van der Waals surface area contributed by atoms with Crippen LogP contribution in [0.4, 0.5) is 4.79 Å². The van der Waals surface area contributed by atoms with Crippen molar-refractivity contribution < 1.29 is 14.3 Å². The highest BCUT2D eigenvalue weighted by molar-refractivity contribution is 6.08. The molecule has 138 valence electrons. The van der Waals surface area contributed by atoms with Gasteiger partial charge in [0.2, 0.25) is 0 Å². The predicted octanol–water partition coefficient (Wildman–Crippen LogP) is 2.90. The number of amides is 2. The Bertz CT molecular complexity index is 833. The molecule has 0 bridgehead atoms. The first-order valence-corrected chi connectivity index (χ1v) is 9.21. The van der Waals surface area contributed by atoms with Crippen LogP contribution in [0.15, 0.2) is 18.2 Å². The van der Waals surface area contributed by atoms with Crippen molar-refractivity contribution in [3.8, 4) is 0 Å². The second kappa shape index (κ2) is 8.17. The number of carbonyl (C=O) groups excluding carboxylic acids is 2. The third-order valence-corrected chi connectivity index (χ3v) is 4.60. The van der Waals surface area contributed by atoms with Crippen LogP contribution in [-0.4, -0.2) is 36.7 Å². The van der Waals surface area contributed by atoms with Gasteiger partial charge in [-0.1, -0.05) is 11.6 Å². The molecular weight excluding hydrogens is 330 g/mol. The molecule has 0 radical (unpaired) electrons. The van der Waals surface area contributed by atoms with E-state index in [2.05, 4.69) is 10.6 Å². The van der Waals surface area contributed by atoms with Gasteiger partial charge in [0.1, 0.15) is 0 Å². The second-order valence-electron chi connectivity index (χ2n) is 6.54. The van der Waals surface area contributed by atoms with Crippen molar-refractivity contribution in [2.45, 2.75) is 39.5 Å². The number of pyridine rings is 1. The first-order valence-electron chi connectivity index (χ1n) is 9.21. The molecule has 3 rings (SSSR count). The lowest BCUT2D eigenvalue weighted by molar-refractivity contribution is 0.0952. The Balaban J connectivity index is 1.82. The SMILES string of the molecule is CCOC(=O)NCCNC(=O)c1c2c(nc3ccc(C)cc13)CCCC2. The molecule has 1 aromatic carbocycles. The molecule has 0 aliphatic heterocycles. The van der Waals surface area contributed by atoms with Gasteiger partial charge < -0.3 is 15.4 Å². The van der Waals surface area contributed by atoms with Crippen LogP contribution < -0.4 is 10.6 Å². The van der Waals surface area contributed by atoms with E-state index in [9.17, 15) is 9.59 Å². The maximum absolute atomic E-state index is 12.9. The van der Waals surface area contributed by atoms with Crippen molar-refractivity contribution in [2.75, 3.05) is 19.7 Å². The second-order valence-corrected chi connectivity index (χ2v) is 6.54. The molecule has 0 atom stereocenters. The fourth-order valence-corrected chi connectivity index (χ4v) is 3.41. The van der Waals surface area contributed by atoms with Crippen molar-refractivity contribution in [1.82, 2.24) is 15.6 Å². The number of rotatable bonds is 5. The van der Waals surface area contributed by atoms with E-state index in [0.717, 1.165) is 59.0 Å². The summed E-state index contributed by atoms with van der Waals surface area (Å²) in [6.07, 6.45) is 3.53. The van der Waals surface area contributed by atoms with Gasteiger partial charge >= 0.3 is 6.09 Å². The van der Waals surface area contributed by atoms with Crippen molar-refractivity contribution in [2.24, 2.45) is 0 Å². The van der Waals surface area contributed by atoms with Gasteiger partial charge in [-0.05, 0) is 57.2 Å². The molecule has 26 heavy (non-hydrogen) atoms. The van der Waals surface area contributed by atoms with E-state index in [1.54, 1.807) is 6.92 Å². The van der Waals surface area contributed by atoms with Crippen LogP contribution in [0.2, 0.25) is 0 Å². The highest BCUT2D eigenvalue weighted by Crippen LogP contribution is 2.29. The molecular formula is C20H25N3O3. The number of benzene rings is 1.